The molecule has 1 saturated carbocycles. The van der Waals surface area contributed by atoms with Crippen LogP contribution in [0.5, 0.6) is 0 Å². The molecule has 0 bridgehead atoms. The normalized spacial score (nSPS) is 17.9. The van der Waals surface area contributed by atoms with Crippen molar-refractivity contribution in [1.29, 1.82) is 0 Å². The first-order chi connectivity index (χ1) is 6.86. The molecule has 3 heteroatoms. The number of nitrogens with zero attached hydrogens (tertiary/aromatic N) is 3. The van der Waals surface area contributed by atoms with E-state index in [2.05, 4.69) is 15.9 Å². The van der Waals surface area contributed by atoms with Gasteiger partial charge in [-0.2, -0.15) is 0 Å². The molecule has 0 N–H and O–H groups in total. The van der Waals surface area contributed by atoms with Crippen molar-refractivity contribution in [2.45, 2.75) is 18.3 Å². The number of aromatic nitrogens is 3. The van der Waals surface area contributed by atoms with Gasteiger partial charge in [0.1, 0.15) is 0 Å². The minimum atomic E-state index is -0.0548. The van der Waals surface area contributed by atoms with Crippen molar-refractivity contribution in [3.8, 4) is 12.3 Å². The first kappa shape index (κ1) is 7.57. The zero-order valence-corrected chi connectivity index (χ0v) is 7.64. The van der Waals surface area contributed by atoms with Gasteiger partial charge in [-0.3, -0.25) is 9.38 Å². The standard InChI is InChI=1S/C11H9N3/c1-2-11(3-4-11)9-7-13-10-8-12-5-6-14(9)10/h1,5-8H,3-4H2. The molecular weight excluding hydrogens is 174 g/mol. The Labute approximate surface area is 81.8 Å². The van der Waals surface area contributed by atoms with E-state index < -0.39 is 0 Å². The van der Waals surface area contributed by atoms with Gasteiger partial charge in [0, 0.05) is 12.4 Å². The predicted molar refractivity (Wildman–Crippen MR) is 52.7 cm³/mol. The Morgan fingerprint density at radius 1 is 1.43 bits per heavy atom. The highest BCUT2D eigenvalue weighted by Crippen LogP contribution is 2.47. The molecule has 0 atom stereocenters. The molecule has 1 fully saturated rings. The Hall–Kier alpha value is -1.82. The number of terminal acetylenes is 1. The smallest absolute Gasteiger partial charge is 0.155 e. The second-order valence-electron chi connectivity index (χ2n) is 3.67. The molecule has 0 aromatic carbocycles. The molecule has 14 heavy (non-hydrogen) atoms. The molecule has 2 heterocycles. The molecule has 0 saturated heterocycles. The highest BCUT2D eigenvalue weighted by atomic mass is 15.0. The second-order valence-corrected chi connectivity index (χ2v) is 3.67. The SMILES string of the molecule is C#CC1(c2cnc3cnccn23)CC1. The lowest BCUT2D eigenvalue weighted by Crippen LogP contribution is -2.06. The van der Waals surface area contributed by atoms with Gasteiger partial charge in [0.05, 0.1) is 23.5 Å². The van der Waals surface area contributed by atoms with E-state index in [1.807, 2.05) is 16.8 Å². The molecule has 2 aromatic heterocycles. The third kappa shape index (κ3) is 0.828. The van der Waals surface area contributed by atoms with E-state index in [-0.39, 0.29) is 5.41 Å². The molecule has 0 amide bonds. The van der Waals surface area contributed by atoms with Gasteiger partial charge in [0.15, 0.2) is 5.65 Å². The van der Waals surface area contributed by atoms with Crippen LogP contribution in [0.25, 0.3) is 5.65 Å². The van der Waals surface area contributed by atoms with Gasteiger partial charge in [-0.05, 0) is 12.8 Å². The van der Waals surface area contributed by atoms with Gasteiger partial charge in [-0.1, -0.05) is 5.92 Å². The number of rotatable bonds is 1. The summed E-state index contributed by atoms with van der Waals surface area (Å²) in [5.41, 5.74) is 1.93. The molecule has 0 unspecified atom stereocenters. The monoisotopic (exact) mass is 183 g/mol. The van der Waals surface area contributed by atoms with E-state index in [9.17, 15) is 0 Å². The van der Waals surface area contributed by atoms with Crippen molar-refractivity contribution in [2.24, 2.45) is 0 Å². The third-order valence-electron chi connectivity index (χ3n) is 2.83. The van der Waals surface area contributed by atoms with Crippen molar-refractivity contribution in [2.75, 3.05) is 0 Å². The summed E-state index contributed by atoms with van der Waals surface area (Å²) < 4.78 is 2.03. The lowest BCUT2D eigenvalue weighted by molar-refractivity contribution is 0.848. The molecule has 68 valence electrons. The summed E-state index contributed by atoms with van der Waals surface area (Å²) >= 11 is 0. The number of hydrogen-bond acceptors (Lipinski definition) is 2. The van der Waals surface area contributed by atoms with Crippen LogP contribution < -0.4 is 0 Å². The fourth-order valence-corrected chi connectivity index (χ4v) is 1.80. The highest BCUT2D eigenvalue weighted by Gasteiger charge is 2.44. The summed E-state index contributed by atoms with van der Waals surface area (Å²) in [6, 6.07) is 0. The molecule has 0 aliphatic heterocycles. The molecular formula is C11H9N3. The van der Waals surface area contributed by atoms with Crippen LogP contribution >= 0.6 is 0 Å². The maximum atomic E-state index is 5.54. The van der Waals surface area contributed by atoms with Crippen LogP contribution in [0, 0.1) is 12.3 Å². The zero-order valence-electron chi connectivity index (χ0n) is 7.64. The molecule has 2 aromatic rings. The Bertz CT molecular complexity index is 529. The summed E-state index contributed by atoms with van der Waals surface area (Å²) in [6.45, 7) is 0. The van der Waals surface area contributed by atoms with Gasteiger partial charge in [0.25, 0.3) is 0 Å². The summed E-state index contributed by atoms with van der Waals surface area (Å²) in [5, 5.41) is 0. The van der Waals surface area contributed by atoms with Gasteiger partial charge in [0.2, 0.25) is 0 Å². The molecule has 1 aliphatic rings. The average molecular weight is 183 g/mol. The lowest BCUT2D eigenvalue weighted by atomic mass is 10.1. The van der Waals surface area contributed by atoms with Crippen molar-refractivity contribution in [3.63, 3.8) is 0 Å². The third-order valence-corrected chi connectivity index (χ3v) is 2.83. The number of hydrogen-bond donors (Lipinski definition) is 0. The molecule has 3 nitrogen and oxygen atoms in total. The summed E-state index contributed by atoms with van der Waals surface area (Å²) in [4.78, 5) is 8.30. The van der Waals surface area contributed by atoms with Gasteiger partial charge < -0.3 is 0 Å². The maximum Gasteiger partial charge on any atom is 0.155 e. The lowest BCUT2D eigenvalue weighted by Gasteiger charge is -2.05. The summed E-state index contributed by atoms with van der Waals surface area (Å²) in [5.74, 6) is 2.87. The number of imidazole rings is 1. The highest BCUT2D eigenvalue weighted by molar-refractivity contribution is 5.45. The molecule has 0 spiro atoms. The van der Waals surface area contributed by atoms with E-state index in [1.165, 1.54) is 0 Å². The van der Waals surface area contributed by atoms with E-state index >= 15 is 0 Å². The molecule has 0 radical (unpaired) electrons. The Morgan fingerprint density at radius 3 is 3.00 bits per heavy atom. The summed E-state index contributed by atoms with van der Waals surface area (Å²) in [6.07, 6.45) is 15.0. The Morgan fingerprint density at radius 2 is 2.29 bits per heavy atom. The van der Waals surface area contributed by atoms with Gasteiger partial charge >= 0.3 is 0 Å². The Balaban J connectivity index is 2.29. The number of fused-ring (bicyclic) bond motifs is 1. The van der Waals surface area contributed by atoms with Crippen LogP contribution in [-0.4, -0.2) is 14.4 Å². The fourth-order valence-electron chi connectivity index (χ4n) is 1.80. The Kier molecular flexibility index (Phi) is 1.27. The maximum absolute atomic E-state index is 5.54. The quantitative estimate of drug-likeness (QED) is 0.625. The predicted octanol–water partition coefficient (Wildman–Crippen LogP) is 1.39. The average Bonchev–Trinajstić information content (AvgIpc) is 2.91. The largest absolute Gasteiger partial charge is 0.300 e. The van der Waals surface area contributed by atoms with E-state index in [0.29, 0.717) is 0 Å². The summed E-state index contributed by atoms with van der Waals surface area (Å²) in [7, 11) is 0. The topological polar surface area (TPSA) is 30.2 Å². The van der Waals surface area contributed by atoms with Crippen LogP contribution in [0.1, 0.15) is 18.5 Å². The van der Waals surface area contributed by atoms with Crippen molar-refractivity contribution in [3.05, 3.63) is 30.5 Å². The van der Waals surface area contributed by atoms with Crippen LogP contribution in [0.2, 0.25) is 0 Å². The van der Waals surface area contributed by atoms with Crippen molar-refractivity contribution < 1.29 is 0 Å². The van der Waals surface area contributed by atoms with Gasteiger partial charge in [-0.15, -0.1) is 6.42 Å². The van der Waals surface area contributed by atoms with Crippen LogP contribution in [0.4, 0.5) is 0 Å². The van der Waals surface area contributed by atoms with Crippen LogP contribution in [0.3, 0.4) is 0 Å². The van der Waals surface area contributed by atoms with E-state index in [4.69, 9.17) is 6.42 Å². The first-order valence-corrected chi connectivity index (χ1v) is 4.61. The molecule has 1 aliphatic carbocycles. The fraction of sp³-hybridized carbons (Fsp3) is 0.273. The van der Waals surface area contributed by atoms with E-state index in [1.54, 1.807) is 12.4 Å². The van der Waals surface area contributed by atoms with Crippen molar-refractivity contribution in [1.82, 2.24) is 14.4 Å². The van der Waals surface area contributed by atoms with Crippen molar-refractivity contribution >= 4 is 5.65 Å². The minimum Gasteiger partial charge on any atom is -0.300 e. The van der Waals surface area contributed by atoms with Crippen LogP contribution in [0.15, 0.2) is 24.8 Å². The van der Waals surface area contributed by atoms with E-state index in [0.717, 1.165) is 24.2 Å². The van der Waals surface area contributed by atoms with Crippen LogP contribution in [-0.2, 0) is 5.41 Å². The molecule has 3 rings (SSSR count). The van der Waals surface area contributed by atoms with Gasteiger partial charge in [-0.25, -0.2) is 4.98 Å². The minimum absolute atomic E-state index is 0.0548. The second kappa shape index (κ2) is 2.36. The first-order valence-electron chi connectivity index (χ1n) is 4.61. The zero-order chi connectivity index (χ0) is 9.60.